The molecule has 0 aromatic carbocycles. The first-order chi connectivity index (χ1) is 6.34. The predicted molar refractivity (Wildman–Crippen MR) is 54.1 cm³/mol. The molecule has 4 heteroatoms. The van der Waals surface area contributed by atoms with Crippen molar-refractivity contribution in [2.75, 3.05) is 6.61 Å². The molecule has 1 aromatic rings. The normalized spacial score (nSPS) is 16.4. The first kappa shape index (κ1) is 9.44. The summed E-state index contributed by atoms with van der Waals surface area (Å²) in [4.78, 5) is 5.06. The van der Waals surface area contributed by atoms with Crippen LogP contribution in [-0.4, -0.2) is 11.6 Å². The topological polar surface area (TPSA) is 22.1 Å². The maximum Gasteiger partial charge on any atom is 0.183 e. The van der Waals surface area contributed by atoms with E-state index in [1.54, 1.807) is 6.20 Å². The van der Waals surface area contributed by atoms with Crippen LogP contribution in [0.4, 0.5) is 0 Å². The number of aromatic nitrogens is 1. The van der Waals surface area contributed by atoms with Crippen LogP contribution in [0, 0.1) is 5.92 Å². The number of nitrogens with zero attached hydrogens (tertiary/aromatic N) is 1. The Labute approximate surface area is 86.9 Å². The summed E-state index contributed by atoms with van der Waals surface area (Å²) in [5.74, 6) is 0.949. The van der Waals surface area contributed by atoms with Gasteiger partial charge in [-0.15, -0.1) is 11.3 Å². The summed E-state index contributed by atoms with van der Waals surface area (Å²) in [5.41, 5.74) is 0. The van der Waals surface area contributed by atoms with Crippen molar-refractivity contribution in [2.24, 2.45) is 5.92 Å². The van der Waals surface area contributed by atoms with Crippen molar-refractivity contribution >= 4 is 22.9 Å². The van der Waals surface area contributed by atoms with Crippen LogP contribution in [0.2, 0.25) is 4.47 Å². The van der Waals surface area contributed by atoms with Gasteiger partial charge in [-0.3, -0.25) is 0 Å². The van der Waals surface area contributed by atoms with E-state index >= 15 is 0 Å². The van der Waals surface area contributed by atoms with E-state index in [9.17, 15) is 0 Å². The zero-order chi connectivity index (χ0) is 9.10. The summed E-state index contributed by atoms with van der Waals surface area (Å²) in [5, 5.41) is 0. The average molecular weight is 218 g/mol. The molecule has 0 radical (unpaired) electrons. The fraction of sp³-hybridized carbons (Fsp3) is 0.667. The second-order valence-corrected chi connectivity index (χ2v) is 5.06. The van der Waals surface area contributed by atoms with E-state index in [1.165, 1.54) is 30.6 Å². The highest BCUT2D eigenvalue weighted by Crippen LogP contribution is 2.32. The summed E-state index contributed by atoms with van der Waals surface area (Å²) in [6.07, 6.45) is 5.79. The van der Waals surface area contributed by atoms with Crippen LogP contribution in [0.1, 0.15) is 24.1 Å². The lowest BCUT2D eigenvalue weighted by atomic mass is 10.3. The monoisotopic (exact) mass is 217 g/mol. The molecule has 1 heterocycles. The number of hydrogen-bond donors (Lipinski definition) is 0. The van der Waals surface area contributed by atoms with Gasteiger partial charge in [0.2, 0.25) is 0 Å². The minimum Gasteiger partial charge on any atom is -0.376 e. The van der Waals surface area contributed by atoms with Crippen molar-refractivity contribution in [3.8, 4) is 0 Å². The van der Waals surface area contributed by atoms with E-state index in [4.69, 9.17) is 16.3 Å². The molecule has 1 saturated carbocycles. The van der Waals surface area contributed by atoms with Crippen LogP contribution >= 0.6 is 22.9 Å². The third-order valence-electron chi connectivity index (χ3n) is 2.14. The Morgan fingerprint density at radius 1 is 1.62 bits per heavy atom. The number of halogens is 1. The van der Waals surface area contributed by atoms with Crippen molar-refractivity contribution in [3.05, 3.63) is 15.5 Å². The molecule has 0 spiro atoms. The molecule has 2 nitrogen and oxygen atoms in total. The highest BCUT2D eigenvalue weighted by Gasteiger charge is 2.20. The number of ether oxygens (including phenoxy) is 1. The second-order valence-electron chi connectivity index (χ2n) is 3.36. The van der Waals surface area contributed by atoms with Gasteiger partial charge >= 0.3 is 0 Å². The highest BCUT2D eigenvalue weighted by atomic mass is 35.5. The van der Waals surface area contributed by atoms with Crippen molar-refractivity contribution in [3.63, 3.8) is 0 Å². The Kier molecular flexibility index (Phi) is 3.19. The van der Waals surface area contributed by atoms with Crippen molar-refractivity contribution in [1.29, 1.82) is 0 Å². The zero-order valence-corrected chi connectivity index (χ0v) is 8.90. The molecule has 1 aliphatic carbocycles. The van der Waals surface area contributed by atoms with Crippen molar-refractivity contribution in [2.45, 2.75) is 25.9 Å². The molecule has 1 fully saturated rings. The SMILES string of the molecule is Clc1ncc(COCCC2CC2)s1. The second kappa shape index (κ2) is 4.40. The first-order valence-electron chi connectivity index (χ1n) is 4.52. The minimum atomic E-state index is 0.598. The number of hydrogen-bond acceptors (Lipinski definition) is 3. The van der Waals surface area contributed by atoms with Crippen LogP contribution in [0.5, 0.6) is 0 Å². The standard InChI is InChI=1S/C9H12ClNOS/c10-9-11-5-8(13-9)6-12-4-3-7-1-2-7/h5,7H,1-4,6H2. The quantitative estimate of drug-likeness (QED) is 0.708. The predicted octanol–water partition coefficient (Wildman–Crippen LogP) is 3.11. The Morgan fingerprint density at radius 3 is 3.08 bits per heavy atom. The van der Waals surface area contributed by atoms with Gasteiger partial charge in [0.1, 0.15) is 0 Å². The lowest BCUT2D eigenvalue weighted by Crippen LogP contribution is -1.94. The van der Waals surface area contributed by atoms with Crippen LogP contribution < -0.4 is 0 Å². The molecule has 13 heavy (non-hydrogen) atoms. The van der Waals surface area contributed by atoms with Gasteiger partial charge in [-0.1, -0.05) is 24.4 Å². The summed E-state index contributed by atoms with van der Waals surface area (Å²) in [6.45, 7) is 1.54. The molecule has 0 bridgehead atoms. The van der Waals surface area contributed by atoms with Gasteiger partial charge in [-0.05, 0) is 12.3 Å². The van der Waals surface area contributed by atoms with Gasteiger partial charge in [0.25, 0.3) is 0 Å². The molecule has 0 unspecified atom stereocenters. The van der Waals surface area contributed by atoms with E-state index < -0.39 is 0 Å². The van der Waals surface area contributed by atoms with Crippen LogP contribution in [0.3, 0.4) is 0 Å². The van der Waals surface area contributed by atoms with Crippen molar-refractivity contribution < 1.29 is 4.74 Å². The minimum absolute atomic E-state index is 0.598. The Balaban J connectivity index is 1.61. The lowest BCUT2D eigenvalue weighted by Gasteiger charge is -1.99. The van der Waals surface area contributed by atoms with Crippen LogP contribution in [0.25, 0.3) is 0 Å². The fourth-order valence-electron chi connectivity index (χ4n) is 1.18. The van der Waals surface area contributed by atoms with Gasteiger partial charge in [-0.25, -0.2) is 4.98 Å². The Hall–Kier alpha value is -0.120. The van der Waals surface area contributed by atoms with E-state index in [0.29, 0.717) is 11.1 Å². The van der Waals surface area contributed by atoms with Crippen LogP contribution in [0.15, 0.2) is 6.20 Å². The largest absolute Gasteiger partial charge is 0.376 e. The van der Waals surface area contributed by atoms with Gasteiger partial charge in [0.15, 0.2) is 4.47 Å². The smallest absolute Gasteiger partial charge is 0.183 e. The van der Waals surface area contributed by atoms with E-state index in [1.807, 2.05) is 0 Å². The third-order valence-corrected chi connectivity index (χ3v) is 3.23. The summed E-state index contributed by atoms with van der Waals surface area (Å²) < 4.78 is 6.09. The van der Waals surface area contributed by atoms with E-state index in [-0.39, 0.29) is 0 Å². The van der Waals surface area contributed by atoms with Crippen molar-refractivity contribution in [1.82, 2.24) is 4.98 Å². The molecule has 1 aromatic heterocycles. The lowest BCUT2D eigenvalue weighted by molar-refractivity contribution is 0.117. The maximum absolute atomic E-state index is 5.69. The molecular formula is C9H12ClNOS. The molecular weight excluding hydrogens is 206 g/mol. The summed E-state index contributed by atoms with van der Waals surface area (Å²) in [7, 11) is 0. The Morgan fingerprint density at radius 2 is 2.46 bits per heavy atom. The van der Waals surface area contributed by atoms with Crippen LogP contribution in [-0.2, 0) is 11.3 Å². The van der Waals surface area contributed by atoms with Gasteiger partial charge in [-0.2, -0.15) is 0 Å². The van der Waals surface area contributed by atoms with Gasteiger partial charge in [0, 0.05) is 12.8 Å². The first-order valence-corrected chi connectivity index (χ1v) is 5.72. The molecule has 0 N–H and O–H groups in total. The maximum atomic E-state index is 5.69. The fourth-order valence-corrected chi connectivity index (χ4v) is 2.10. The molecule has 0 atom stereocenters. The van der Waals surface area contributed by atoms with E-state index in [2.05, 4.69) is 4.98 Å². The van der Waals surface area contributed by atoms with Gasteiger partial charge < -0.3 is 4.74 Å². The summed E-state index contributed by atoms with van der Waals surface area (Å²) >= 11 is 7.18. The molecule has 1 aliphatic rings. The zero-order valence-electron chi connectivity index (χ0n) is 7.33. The molecule has 2 rings (SSSR count). The summed E-state index contributed by atoms with van der Waals surface area (Å²) in [6, 6.07) is 0. The average Bonchev–Trinajstić information content (AvgIpc) is 2.84. The van der Waals surface area contributed by atoms with Gasteiger partial charge in [0.05, 0.1) is 11.5 Å². The third kappa shape index (κ3) is 3.25. The number of thiazole rings is 1. The molecule has 72 valence electrons. The highest BCUT2D eigenvalue weighted by molar-refractivity contribution is 7.15. The number of rotatable bonds is 5. The molecule has 0 amide bonds. The Bertz CT molecular complexity index is 272. The molecule has 0 saturated heterocycles. The molecule has 0 aliphatic heterocycles. The van der Waals surface area contributed by atoms with E-state index in [0.717, 1.165) is 17.4 Å².